The molecule has 1 aromatic carbocycles. The molecule has 1 amide bonds. The summed E-state index contributed by atoms with van der Waals surface area (Å²) >= 11 is 6.26. The Balaban J connectivity index is 2.15. The summed E-state index contributed by atoms with van der Waals surface area (Å²) in [5.41, 5.74) is 0.744. The molecule has 0 bridgehead atoms. The SMILES string of the molecule is COC(=O)C1CCCCN1C(=O)C(Cl)c1ccccc1. The number of hydrogen-bond donors (Lipinski definition) is 0. The number of halogens is 1. The van der Waals surface area contributed by atoms with Gasteiger partial charge in [0.15, 0.2) is 0 Å². The number of alkyl halides is 1. The lowest BCUT2D eigenvalue weighted by molar-refractivity contribution is -0.154. The summed E-state index contributed by atoms with van der Waals surface area (Å²) in [5.74, 6) is -0.594. The molecule has 4 nitrogen and oxygen atoms in total. The average Bonchev–Trinajstić information content (AvgIpc) is 2.53. The van der Waals surface area contributed by atoms with E-state index in [-0.39, 0.29) is 11.9 Å². The van der Waals surface area contributed by atoms with Gasteiger partial charge in [-0.2, -0.15) is 0 Å². The Hall–Kier alpha value is -1.55. The predicted octanol–water partition coefficient (Wildman–Crippen LogP) is 2.52. The van der Waals surface area contributed by atoms with Crippen LogP contribution < -0.4 is 0 Å². The van der Waals surface area contributed by atoms with Gasteiger partial charge in [-0.15, -0.1) is 11.6 Å². The normalized spacial score (nSPS) is 20.3. The summed E-state index contributed by atoms with van der Waals surface area (Å²) in [7, 11) is 1.34. The Morgan fingerprint density at radius 2 is 2.00 bits per heavy atom. The second-order valence-corrected chi connectivity index (χ2v) is 5.28. The van der Waals surface area contributed by atoms with Crippen molar-refractivity contribution in [3.05, 3.63) is 35.9 Å². The quantitative estimate of drug-likeness (QED) is 0.636. The molecular formula is C15H18ClNO3. The number of esters is 1. The first-order valence-corrected chi connectivity index (χ1v) is 7.16. The van der Waals surface area contributed by atoms with Crippen LogP contribution in [0, 0.1) is 0 Å². The number of hydrogen-bond acceptors (Lipinski definition) is 3. The predicted molar refractivity (Wildman–Crippen MR) is 76.4 cm³/mol. The molecule has 1 heterocycles. The molecule has 0 saturated carbocycles. The Morgan fingerprint density at radius 3 is 2.65 bits per heavy atom. The van der Waals surface area contributed by atoms with Gasteiger partial charge >= 0.3 is 5.97 Å². The van der Waals surface area contributed by atoms with E-state index in [0.29, 0.717) is 13.0 Å². The van der Waals surface area contributed by atoms with Crippen molar-refractivity contribution in [3.63, 3.8) is 0 Å². The maximum Gasteiger partial charge on any atom is 0.328 e. The van der Waals surface area contributed by atoms with Crippen molar-refractivity contribution in [1.29, 1.82) is 0 Å². The lowest BCUT2D eigenvalue weighted by Gasteiger charge is -2.35. The van der Waals surface area contributed by atoms with Gasteiger partial charge in [-0.05, 0) is 24.8 Å². The Kier molecular flexibility index (Phi) is 5.01. The summed E-state index contributed by atoms with van der Waals surface area (Å²) in [6.07, 6.45) is 2.44. The number of rotatable bonds is 3. The van der Waals surface area contributed by atoms with E-state index in [4.69, 9.17) is 16.3 Å². The van der Waals surface area contributed by atoms with Crippen LogP contribution in [0.4, 0.5) is 0 Å². The molecule has 0 N–H and O–H groups in total. The molecule has 0 spiro atoms. The molecule has 2 unspecified atom stereocenters. The number of benzene rings is 1. The Labute approximate surface area is 123 Å². The minimum absolute atomic E-state index is 0.229. The smallest absolute Gasteiger partial charge is 0.328 e. The lowest BCUT2D eigenvalue weighted by atomic mass is 10.0. The van der Waals surface area contributed by atoms with E-state index in [2.05, 4.69) is 0 Å². The highest BCUT2D eigenvalue weighted by molar-refractivity contribution is 6.30. The first-order valence-electron chi connectivity index (χ1n) is 6.72. The third-order valence-corrected chi connectivity index (χ3v) is 4.01. The highest BCUT2D eigenvalue weighted by atomic mass is 35.5. The van der Waals surface area contributed by atoms with Crippen LogP contribution in [0.25, 0.3) is 0 Å². The Morgan fingerprint density at radius 1 is 1.30 bits per heavy atom. The zero-order valence-electron chi connectivity index (χ0n) is 11.4. The lowest BCUT2D eigenvalue weighted by Crippen LogP contribution is -2.49. The molecular weight excluding hydrogens is 278 g/mol. The number of piperidine rings is 1. The van der Waals surface area contributed by atoms with Crippen molar-refractivity contribution >= 4 is 23.5 Å². The molecule has 0 radical (unpaired) electrons. The number of carbonyl (C=O) groups excluding carboxylic acids is 2. The second-order valence-electron chi connectivity index (χ2n) is 4.84. The zero-order chi connectivity index (χ0) is 14.5. The van der Waals surface area contributed by atoms with Gasteiger partial charge in [0.2, 0.25) is 5.91 Å². The monoisotopic (exact) mass is 295 g/mol. The van der Waals surface area contributed by atoms with Crippen LogP contribution in [0.2, 0.25) is 0 Å². The van der Waals surface area contributed by atoms with Crippen molar-refractivity contribution in [2.24, 2.45) is 0 Å². The fraction of sp³-hybridized carbons (Fsp3) is 0.467. The first kappa shape index (κ1) is 14.9. The van der Waals surface area contributed by atoms with Crippen LogP contribution in [0.1, 0.15) is 30.2 Å². The molecule has 1 saturated heterocycles. The van der Waals surface area contributed by atoms with Crippen LogP contribution in [0.5, 0.6) is 0 Å². The molecule has 0 aliphatic carbocycles. The van der Waals surface area contributed by atoms with Gasteiger partial charge < -0.3 is 9.64 Å². The van der Waals surface area contributed by atoms with Crippen LogP contribution in [-0.2, 0) is 14.3 Å². The molecule has 2 atom stereocenters. The fourth-order valence-corrected chi connectivity index (χ4v) is 2.76. The molecule has 1 fully saturated rings. The molecule has 1 aromatic rings. The maximum atomic E-state index is 12.5. The van der Waals surface area contributed by atoms with Gasteiger partial charge in [0.25, 0.3) is 0 Å². The van der Waals surface area contributed by atoms with E-state index in [0.717, 1.165) is 18.4 Å². The van der Waals surface area contributed by atoms with Crippen molar-refractivity contribution in [2.75, 3.05) is 13.7 Å². The number of likely N-dealkylation sites (tertiary alicyclic amines) is 1. The number of amides is 1. The van der Waals surface area contributed by atoms with E-state index in [1.807, 2.05) is 30.3 Å². The minimum atomic E-state index is -0.763. The van der Waals surface area contributed by atoms with Crippen molar-refractivity contribution in [1.82, 2.24) is 4.90 Å². The van der Waals surface area contributed by atoms with E-state index < -0.39 is 11.4 Å². The fourth-order valence-electron chi connectivity index (χ4n) is 2.49. The average molecular weight is 296 g/mol. The van der Waals surface area contributed by atoms with Gasteiger partial charge in [-0.3, -0.25) is 4.79 Å². The molecule has 0 aromatic heterocycles. The topological polar surface area (TPSA) is 46.6 Å². The molecule has 20 heavy (non-hydrogen) atoms. The standard InChI is InChI=1S/C15H18ClNO3/c1-20-15(19)12-9-5-6-10-17(12)14(18)13(16)11-7-3-2-4-8-11/h2-4,7-8,12-13H,5-6,9-10H2,1H3. The molecule has 2 rings (SSSR count). The van der Waals surface area contributed by atoms with Crippen LogP contribution in [0.15, 0.2) is 30.3 Å². The third kappa shape index (κ3) is 3.12. The van der Waals surface area contributed by atoms with Gasteiger partial charge in [0.05, 0.1) is 7.11 Å². The number of nitrogens with zero attached hydrogens (tertiary/aromatic N) is 1. The third-order valence-electron chi connectivity index (χ3n) is 3.57. The molecule has 1 aliphatic heterocycles. The minimum Gasteiger partial charge on any atom is -0.467 e. The van der Waals surface area contributed by atoms with Gasteiger partial charge in [-0.1, -0.05) is 30.3 Å². The highest BCUT2D eigenvalue weighted by Gasteiger charge is 2.35. The summed E-state index contributed by atoms with van der Waals surface area (Å²) in [6, 6.07) is 8.67. The van der Waals surface area contributed by atoms with E-state index in [9.17, 15) is 9.59 Å². The van der Waals surface area contributed by atoms with E-state index >= 15 is 0 Å². The van der Waals surface area contributed by atoms with Gasteiger partial charge in [-0.25, -0.2) is 4.79 Å². The van der Waals surface area contributed by atoms with E-state index in [1.165, 1.54) is 7.11 Å². The van der Waals surface area contributed by atoms with Crippen molar-refractivity contribution in [3.8, 4) is 0 Å². The van der Waals surface area contributed by atoms with Crippen LogP contribution >= 0.6 is 11.6 Å². The number of methoxy groups -OCH3 is 1. The summed E-state index contributed by atoms with van der Waals surface area (Å²) in [6.45, 7) is 0.550. The molecule has 1 aliphatic rings. The van der Waals surface area contributed by atoms with E-state index in [1.54, 1.807) is 4.90 Å². The number of ether oxygens (including phenoxy) is 1. The molecule has 108 valence electrons. The summed E-state index contributed by atoms with van der Waals surface area (Å²) < 4.78 is 4.78. The second kappa shape index (κ2) is 6.75. The van der Waals surface area contributed by atoms with Crippen LogP contribution in [-0.4, -0.2) is 36.5 Å². The maximum absolute atomic E-state index is 12.5. The van der Waals surface area contributed by atoms with Crippen LogP contribution in [0.3, 0.4) is 0 Å². The summed E-state index contributed by atoms with van der Waals surface area (Å²) in [4.78, 5) is 25.9. The van der Waals surface area contributed by atoms with Gasteiger partial charge in [0, 0.05) is 6.54 Å². The molecule has 5 heteroatoms. The zero-order valence-corrected chi connectivity index (χ0v) is 12.2. The van der Waals surface area contributed by atoms with Crippen molar-refractivity contribution < 1.29 is 14.3 Å². The highest BCUT2D eigenvalue weighted by Crippen LogP contribution is 2.27. The summed E-state index contributed by atoms with van der Waals surface area (Å²) in [5, 5.41) is -0.763. The largest absolute Gasteiger partial charge is 0.467 e. The number of carbonyl (C=O) groups is 2. The van der Waals surface area contributed by atoms with Gasteiger partial charge in [0.1, 0.15) is 11.4 Å². The first-order chi connectivity index (χ1) is 9.65. The Bertz CT molecular complexity index is 477. The van der Waals surface area contributed by atoms with Crippen molar-refractivity contribution in [2.45, 2.75) is 30.7 Å².